The number of alkyl halides is 2. The third kappa shape index (κ3) is 4.63. The van der Waals surface area contributed by atoms with Gasteiger partial charge in [0.2, 0.25) is 11.8 Å². The van der Waals surface area contributed by atoms with Crippen LogP contribution in [0.1, 0.15) is 29.9 Å². The van der Waals surface area contributed by atoms with Crippen LogP contribution in [0.4, 0.5) is 15.8 Å². The third-order valence-corrected chi connectivity index (χ3v) is 11.9. The quantitative estimate of drug-likeness (QED) is 0.133. The standard InChI is InChI=1S/C39H29Cl2FN2O6/c40-38-20-30-27(17-18-29-32(30)35(47)43(34(29)46)24-9-5-2-6-10-24)33(28-16-15-26(19-31(28)45)50-21-22-7-3-1-4-8-22)39(38,41)37(49)44(36(38)48)25-13-11-23(42)12-14-25/h1-17,19,29-30,32-33,45H,18,20-21H2. The van der Waals surface area contributed by atoms with Gasteiger partial charge < -0.3 is 9.84 Å². The number of phenols is 1. The summed E-state index contributed by atoms with van der Waals surface area (Å²) >= 11 is 14.8. The van der Waals surface area contributed by atoms with E-state index in [0.717, 1.165) is 22.6 Å². The molecule has 2 heterocycles. The molecule has 0 spiro atoms. The van der Waals surface area contributed by atoms with Crippen molar-refractivity contribution in [2.24, 2.45) is 17.8 Å². The third-order valence-electron chi connectivity index (χ3n) is 10.5. The molecule has 4 amide bonds. The summed E-state index contributed by atoms with van der Waals surface area (Å²) in [7, 11) is 0. The van der Waals surface area contributed by atoms with E-state index >= 15 is 0 Å². The van der Waals surface area contributed by atoms with Crippen LogP contribution in [-0.2, 0) is 25.8 Å². The van der Waals surface area contributed by atoms with Gasteiger partial charge in [0.25, 0.3) is 11.8 Å². The van der Waals surface area contributed by atoms with Gasteiger partial charge in [-0.1, -0.05) is 66.2 Å². The maximum Gasteiger partial charge on any atom is 0.258 e. The Kier molecular flexibility index (Phi) is 7.62. The van der Waals surface area contributed by atoms with E-state index in [1.807, 2.05) is 30.3 Å². The second kappa shape index (κ2) is 11.8. The number of carbonyl (C=O) groups excluding carboxylic acids is 4. The molecule has 8 nitrogen and oxygen atoms in total. The first-order chi connectivity index (χ1) is 24.0. The molecule has 1 N–H and O–H groups in total. The zero-order valence-corrected chi connectivity index (χ0v) is 27.9. The highest BCUT2D eigenvalue weighted by atomic mass is 35.5. The molecule has 0 bridgehead atoms. The predicted molar refractivity (Wildman–Crippen MR) is 184 cm³/mol. The lowest BCUT2D eigenvalue weighted by Crippen LogP contribution is -2.60. The molecular formula is C39H29Cl2FN2O6. The number of anilines is 2. The van der Waals surface area contributed by atoms with Crippen LogP contribution in [0, 0.1) is 23.6 Å². The Bertz CT molecular complexity index is 2090. The van der Waals surface area contributed by atoms with E-state index in [9.17, 15) is 28.7 Å². The number of fused-ring (bicyclic) bond motifs is 4. The van der Waals surface area contributed by atoms with Gasteiger partial charge in [0, 0.05) is 17.5 Å². The van der Waals surface area contributed by atoms with Crippen molar-refractivity contribution in [3.05, 3.63) is 132 Å². The van der Waals surface area contributed by atoms with Crippen LogP contribution in [0.25, 0.3) is 0 Å². The number of allylic oxidation sites excluding steroid dienone is 2. The van der Waals surface area contributed by atoms with Gasteiger partial charge in [0.15, 0.2) is 9.75 Å². The van der Waals surface area contributed by atoms with Gasteiger partial charge in [-0.3, -0.25) is 24.1 Å². The number of hydrogen-bond donors (Lipinski definition) is 1. The molecule has 6 atom stereocenters. The van der Waals surface area contributed by atoms with E-state index in [1.54, 1.807) is 48.5 Å². The lowest BCUT2D eigenvalue weighted by molar-refractivity contribution is -0.125. The summed E-state index contributed by atoms with van der Waals surface area (Å²) in [5.41, 5.74) is 2.14. The van der Waals surface area contributed by atoms with Gasteiger partial charge in [-0.15, -0.1) is 23.2 Å². The number of hydrogen-bond acceptors (Lipinski definition) is 6. The minimum absolute atomic E-state index is 0.0701. The monoisotopic (exact) mass is 710 g/mol. The predicted octanol–water partition coefficient (Wildman–Crippen LogP) is 6.88. The summed E-state index contributed by atoms with van der Waals surface area (Å²) in [6.07, 6.45) is 1.74. The van der Waals surface area contributed by atoms with E-state index < -0.39 is 57.0 Å². The first-order valence-corrected chi connectivity index (χ1v) is 16.9. The van der Waals surface area contributed by atoms with Crippen molar-refractivity contribution in [2.75, 3.05) is 9.80 Å². The van der Waals surface area contributed by atoms with Crippen molar-refractivity contribution in [2.45, 2.75) is 35.1 Å². The fourth-order valence-corrected chi connectivity index (χ4v) is 9.10. The number of rotatable bonds is 6. The summed E-state index contributed by atoms with van der Waals surface area (Å²) in [6, 6.07) is 27.5. The number of phenolic OH excluding ortho intramolecular Hbond substituents is 1. The Hall–Kier alpha value is -4.99. The Labute approximate surface area is 296 Å². The molecule has 50 heavy (non-hydrogen) atoms. The molecule has 2 aliphatic heterocycles. The molecular weight excluding hydrogens is 682 g/mol. The van der Waals surface area contributed by atoms with Crippen molar-refractivity contribution in [1.29, 1.82) is 0 Å². The fourth-order valence-electron chi connectivity index (χ4n) is 8.17. The molecule has 1 saturated carbocycles. The Balaban J connectivity index is 1.25. The van der Waals surface area contributed by atoms with Gasteiger partial charge in [0.05, 0.1) is 23.2 Å². The number of carbonyl (C=O) groups is 4. The molecule has 2 saturated heterocycles. The summed E-state index contributed by atoms with van der Waals surface area (Å²) < 4.78 is 19.9. The lowest BCUT2D eigenvalue weighted by atomic mass is 9.56. The van der Waals surface area contributed by atoms with Gasteiger partial charge in [-0.2, -0.15) is 0 Å². The van der Waals surface area contributed by atoms with Gasteiger partial charge in [0.1, 0.15) is 23.9 Å². The SMILES string of the molecule is O=C1C2CC=C3C(CC4(Cl)C(=O)N(c5ccc(F)cc5)C(=O)C4(Cl)C3c3ccc(OCc4ccccc4)cc3O)C2C(=O)N1c1ccccc1. The topological polar surface area (TPSA) is 104 Å². The van der Waals surface area contributed by atoms with Gasteiger partial charge in [-0.25, -0.2) is 9.29 Å². The van der Waals surface area contributed by atoms with Gasteiger partial charge >= 0.3 is 0 Å². The van der Waals surface area contributed by atoms with Crippen molar-refractivity contribution < 1.29 is 33.4 Å². The van der Waals surface area contributed by atoms with E-state index in [0.29, 0.717) is 17.0 Å². The van der Waals surface area contributed by atoms with Crippen molar-refractivity contribution in [3.63, 3.8) is 0 Å². The smallest absolute Gasteiger partial charge is 0.258 e. The summed E-state index contributed by atoms with van der Waals surface area (Å²) in [6.45, 7) is 0.233. The average molecular weight is 712 g/mol. The molecule has 0 aromatic heterocycles. The first kappa shape index (κ1) is 32.2. The number of imide groups is 2. The molecule has 3 fully saturated rings. The van der Waals surface area contributed by atoms with Crippen LogP contribution in [0.15, 0.2) is 115 Å². The zero-order chi connectivity index (χ0) is 34.9. The minimum Gasteiger partial charge on any atom is -0.508 e. The fraction of sp³-hybridized carbons (Fsp3) is 0.231. The van der Waals surface area contributed by atoms with Crippen LogP contribution < -0.4 is 14.5 Å². The second-order valence-corrected chi connectivity index (χ2v) is 14.3. The summed E-state index contributed by atoms with van der Waals surface area (Å²) in [5, 5.41) is 11.6. The maximum atomic E-state index is 14.6. The van der Waals surface area contributed by atoms with Crippen LogP contribution in [-0.4, -0.2) is 38.5 Å². The average Bonchev–Trinajstić information content (AvgIpc) is 3.46. The number of halogens is 3. The minimum atomic E-state index is -2.18. The molecule has 4 aromatic rings. The molecule has 4 aliphatic rings. The molecule has 8 rings (SSSR count). The number of ether oxygens (including phenoxy) is 1. The highest BCUT2D eigenvalue weighted by Gasteiger charge is 2.77. The van der Waals surface area contributed by atoms with Crippen LogP contribution in [0.3, 0.4) is 0 Å². The number of amides is 4. The molecule has 11 heteroatoms. The Morgan fingerprint density at radius 1 is 0.780 bits per heavy atom. The van der Waals surface area contributed by atoms with Crippen molar-refractivity contribution in [3.8, 4) is 11.5 Å². The van der Waals surface area contributed by atoms with Crippen LogP contribution in [0.2, 0.25) is 0 Å². The van der Waals surface area contributed by atoms with E-state index in [-0.39, 0.29) is 42.4 Å². The van der Waals surface area contributed by atoms with E-state index in [2.05, 4.69) is 0 Å². The zero-order valence-electron chi connectivity index (χ0n) is 26.3. The lowest BCUT2D eigenvalue weighted by Gasteiger charge is -2.50. The van der Waals surface area contributed by atoms with E-state index in [1.165, 1.54) is 23.1 Å². The molecule has 0 radical (unpaired) electrons. The molecule has 2 aliphatic carbocycles. The van der Waals surface area contributed by atoms with Crippen LogP contribution in [0.5, 0.6) is 11.5 Å². The largest absolute Gasteiger partial charge is 0.508 e. The number of aromatic hydroxyl groups is 1. The summed E-state index contributed by atoms with van der Waals surface area (Å²) in [5.74, 6) is -6.59. The van der Waals surface area contributed by atoms with Crippen molar-refractivity contribution >= 4 is 58.2 Å². The summed E-state index contributed by atoms with van der Waals surface area (Å²) in [4.78, 5) is 54.7. The normalized spacial score (nSPS) is 28.7. The molecule has 4 aromatic carbocycles. The Morgan fingerprint density at radius 3 is 2.12 bits per heavy atom. The van der Waals surface area contributed by atoms with Crippen LogP contribution >= 0.6 is 23.2 Å². The number of benzene rings is 4. The van der Waals surface area contributed by atoms with Crippen molar-refractivity contribution in [1.82, 2.24) is 0 Å². The maximum absolute atomic E-state index is 14.6. The number of para-hydroxylation sites is 1. The van der Waals surface area contributed by atoms with E-state index in [4.69, 9.17) is 27.9 Å². The van der Waals surface area contributed by atoms with Gasteiger partial charge in [-0.05, 0) is 66.8 Å². The number of nitrogens with zero attached hydrogens (tertiary/aromatic N) is 2. The second-order valence-electron chi connectivity index (χ2n) is 13.1. The highest BCUT2D eigenvalue weighted by Crippen LogP contribution is 2.66. The molecule has 252 valence electrons. The molecule has 6 unspecified atom stereocenters. The highest BCUT2D eigenvalue weighted by molar-refractivity contribution is 6.58. The Morgan fingerprint density at radius 2 is 1.44 bits per heavy atom. The first-order valence-electron chi connectivity index (χ1n) is 16.2.